The minimum Gasteiger partial charge on any atom is -0.289 e. The lowest BCUT2D eigenvalue weighted by atomic mass is 9.96. The van der Waals surface area contributed by atoms with Crippen LogP contribution in [0.3, 0.4) is 0 Å². The number of rotatable bonds is 4. The maximum atomic E-state index is 13.4. The molecule has 1 aliphatic rings. The van der Waals surface area contributed by atoms with Gasteiger partial charge in [0.15, 0.2) is 5.78 Å². The van der Waals surface area contributed by atoms with Gasteiger partial charge >= 0.3 is 0 Å². The van der Waals surface area contributed by atoms with Crippen LogP contribution in [-0.4, -0.2) is 5.78 Å². The summed E-state index contributed by atoms with van der Waals surface area (Å²) in [6.07, 6.45) is 7.92. The number of Topliss-reactive ketones (excluding diaryl/α,β-unsaturated/α-hetero) is 1. The zero-order valence-electron chi connectivity index (χ0n) is 19.3. The van der Waals surface area contributed by atoms with Crippen LogP contribution in [0.4, 0.5) is 0 Å². The Morgan fingerprint density at radius 1 is 0.441 bits per heavy atom. The SMILES string of the molecule is O=C1/C(=C/c2ccc(-c3ccccc3)cc2)CCCC/C1=C\c1ccc(-c2ccccc2)cc1. The first-order chi connectivity index (χ1) is 16.8. The van der Waals surface area contributed by atoms with Crippen molar-refractivity contribution < 1.29 is 4.79 Å². The second-order valence-corrected chi connectivity index (χ2v) is 8.85. The van der Waals surface area contributed by atoms with Crippen molar-refractivity contribution in [2.24, 2.45) is 0 Å². The molecule has 0 heterocycles. The molecule has 0 amide bonds. The Kier molecular flexibility index (Phi) is 6.63. The van der Waals surface area contributed by atoms with E-state index < -0.39 is 0 Å². The molecule has 0 atom stereocenters. The molecule has 0 radical (unpaired) electrons. The van der Waals surface area contributed by atoms with Gasteiger partial charge in [0.25, 0.3) is 0 Å². The quantitative estimate of drug-likeness (QED) is 0.229. The molecule has 4 aromatic rings. The molecule has 4 aromatic carbocycles. The molecule has 1 fully saturated rings. The van der Waals surface area contributed by atoms with Gasteiger partial charge in [-0.3, -0.25) is 4.79 Å². The fraction of sp³-hybridized carbons (Fsp3) is 0.121. The molecule has 0 N–H and O–H groups in total. The van der Waals surface area contributed by atoms with Gasteiger partial charge in [0.05, 0.1) is 0 Å². The number of hydrogen-bond acceptors (Lipinski definition) is 1. The first-order valence-electron chi connectivity index (χ1n) is 12.0. The van der Waals surface area contributed by atoms with Crippen LogP contribution in [0.5, 0.6) is 0 Å². The molecule has 5 rings (SSSR count). The predicted molar refractivity (Wildman–Crippen MR) is 143 cm³/mol. The molecule has 166 valence electrons. The maximum absolute atomic E-state index is 13.4. The molecule has 0 aromatic heterocycles. The third kappa shape index (κ3) is 5.15. The lowest BCUT2D eigenvalue weighted by Gasteiger charge is -2.07. The summed E-state index contributed by atoms with van der Waals surface area (Å²) in [7, 11) is 0. The van der Waals surface area contributed by atoms with Crippen molar-refractivity contribution >= 4 is 17.9 Å². The molecule has 1 aliphatic carbocycles. The van der Waals surface area contributed by atoms with Crippen LogP contribution in [0.15, 0.2) is 120 Å². The zero-order valence-corrected chi connectivity index (χ0v) is 19.3. The van der Waals surface area contributed by atoms with E-state index >= 15 is 0 Å². The normalized spacial score (nSPS) is 16.5. The van der Waals surface area contributed by atoms with Crippen LogP contribution in [0, 0.1) is 0 Å². The Labute approximate surface area is 202 Å². The van der Waals surface area contributed by atoms with Crippen LogP contribution >= 0.6 is 0 Å². The van der Waals surface area contributed by atoms with E-state index in [4.69, 9.17) is 0 Å². The number of hydrogen-bond donors (Lipinski definition) is 0. The molecule has 0 unspecified atom stereocenters. The monoisotopic (exact) mass is 440 g/mol. The molecular formula is C33H28O. The number of allylic oxidation sites excluding steroid dienone is 2. The highest BCUT2D eigenvalue weighted by Gasteiger charge is 2.19. The van der Waals surface area contributed by atoms with Crippen LogP contribution < -0.4 is 0 Å². The van der Waals surface area contributed by atoms with E-state index in [2.05, 4.69) is 109 Å². The highest BCUT2D eigenvalue weighted by atomic mass is 16.1. The topological polar surface area (TPSA) is 17.1 Å². The van der Waals surface area contributed by atoms with Gasteiger partial charge in [-0.1, -0.05) is 109 Å². The fourth-order valence-corrected chi connectivity index (χ4v) is 4.55. The van der Waals surface area contributed by atoms with Gasteiger partial charge in [-0.15, -0.1) is 0 Å². The molecular weight excluding hydrogens is 412 g/mol. The van der Waals surface area contributed by atoms with E-state index in [1.807, 2.05) is 12.1 Å². The molecule has 34 heavy (non-hydrogen) atoms. The Morgan fingerprint density at radius 2 is 0.794 bits per heavy atom. The molecule has 0 saturated heterocycles. The van der Waals surface area contributed by atoms with E-state index in [-0.39, 0.29) is 5.78 Å². The van der Waals surface area contributed by atoms with E-state index in [1.54, 1.807) is 0 Å². The maximum Gasteiger partial charge on any atom is 0.185 e. The van der Waals surface area contributed by atoms with Gasteiger partial charge in [0.1, 0.15) is 0 Å². The smallest absolute Gasteiger partial charge is 0.185 e. The summed E-state index contributed by atoms with van der Waals surface area (Å²) in [6.45, 7) is 0. The second-order valence-electron chi connectivity index (χ2n) is 8.85. The van der Waals surface area contributed by atoms with Crippen molar-refractivity contribution in [1.82, 2.24) is 0 Å². The van der Waals surface area contributed by atoms with E-state index in [0.29, 0.717) is 0 Å². The van der Waals surface area contributed by atoms with Gasteiger partial charge in [-0.2, -0.15) is 0 Å². The summed E-state index contributed by atoms with van der Waals surface area (Å²) in [6, 6.07) is 37.7. The Balaban J connectivity index is 1.36. The van der Waals surface area contributed by atoms with Gasteiger partial charge in [0.2, 0.25) is 0 Å². The summed E-state index contributed by atoms with van der Waals surface area (Å²) in [5.74, 6) is 0.191. The van der Waals surface area contributed by atoms with Crippen LogP contribution in [0.2, 0.25) is 0 Å². The largest absolute Gasteiger partial charge is 0.289 e. The first-order valence-corrected chi connectivity index (χ1v) is 12.0. The van der Waals surface area contributed by atoms with Crippen molar-refractivity contribution in [2.75, 3.05) is 0 Å². The summed E-state index contributed by atoms with van der Waals surface area (Å²) >= 11 is 0. The molecule has 0 aliphatic heterocycles. The third-order valence-corrected chi connectivity index (χ3v) is 6.44. The third-order valence-electron chi connectivity index (χ3n) is 6.44. The molecule has 1 heteroatoms. The lowest BCUT2D eigenvalue weighted by Crippen LogP contribution is -2.04. The fourth-order valence-electron chi connectivity index (χ4n) is 4.55. The van der Waals surface area contributed by atoms with Crippen molar-refractivity contribution in [3.8, 4) is 22.3 Å². The number of carbonyl (C=O) groups excluding carboxylic acids is 1. The zero-order chi connectivity index (χ0) is 23.2. The van der Waals surface area contributed by atoms with Crippen LogP contribution in [0.1, 0.15) is 36.8 Å². The first kappa shape index (κ1) is 21.9. The number of ketones is 1. The standard InChI is InChI=1S/C33H28O/c34-33-31(23-25-15-19-29(20-16-25)27-9-3-1-4-10-27)13-7-8-14-32(33)24-26-17-21-30(22-18-26)28-11-5-2-6-12-28/h1-6,9-12,15-24H,7-8,13-14H2/b31-23+,32-24+. The predicted octanol–water partition coefficient (Wildman–Crippen LogP) is 8.63. The Hall–Kier alpha value is -3.97. The van der Waals surface area contributed by atoms with Gasteiger partial charge in [0, 0.05) is 11.1 Å². The highest BCUT2D eigenvalue weighted by molar-refractivity contribution is 6.13. The number of carbonyl (C=O) groups is 1. The van der Waals surface area contributed by atoms with Gasteiger partial charge in [-0.25, -0.2) is 0 Å². The van der Waals surface area contributed by atoms with Crippen molar-refractivity contribution in [3.63, 3.8) is 0 Å². The summed E-state index contributed by atoms with van der Waals surface area (Å²) in [5.41, 5.74) is 8.78. The molecule has 0 bridgehead atoms. The number of benzene rings is 4. The molecule has 1 saturated carbocycles. The van der Waals surface area contributed by atoms with Crippen LogP contribution in [-0.2, 0) is 4.79 Å². The Bertz CT molecular complexity index is 1200. The summed E-state index contributed by atoms with van der Waals surface area (Å²) in [4.78, 5) is 13.4. The van der Waals surface area contributed by atoms with Gasteiger partial charge < -0.3 is 0 Å². The highest BCUT2D eigenvalue weighted by Crippen LogP contribution is 2.28. The minimum absolute atomic E-state index is 0.191. The molecule has 1 nitrogen and oxygen atoms in total. The van der Waals surface area contributed by atoms with E-state index in [0.717, 1.165) is 48.0 Å². The average Bonchev–Trinajstić information content (AvgIpc) is 3.07. The van der Waals surface area contributed by atoms with Crippen molar-refractivity contribution in [1.29, 1.82) is 0 Å². The second kappa shape index (κ2) is 10.3. The minimum atomic E-state index is 0.191. The van der Waals surface area contributed by atoms with E-state index in [1.165, 1.54) is 22.3 Å². The van der Waals surface area contributed by atoms with E-state index in [9.17, 15) is 4.79 Å². The van der Waals surface area contributed by atoms with Crippen molar-refractivity contribution in [2.45, 2.75) is 25.7 Å². The molecule has 0 spiro atoms. The lowest BCUT2D eigenvalue weighted by molar-refractivity contribution is -0.112. The summed E-state index contributed by atoms with van der Waals surface area (Å²) < 4.78 is 0. The van der Waals surface area contributed by atoms with Gasteiger partial charge in [-0.05, 0) is 71.2 Å². The van der Waals surface area contributed by atoms with Crippen molar-refractivity contribution in [3.05, 3.63) is 131 Å². The Morgan fingerprint density at radius 3 is 1.18 bits per heavy atom. The summed E-state index contributed by atoms with van der Waals surface area (Å²) in [5, 5.41) is 0. The van der Waals surface area contributed by atoms with Crippen LogP contribution in [0.25, 0.3) is 34.4 Å². The average molecular weight is 441 g/mol.